The van der Waals surface area contributed by atoms with Gasteiger partial charge in [-0.05, 0) is 17.7 Å². The second-order valence-corrected chi connectivity index (χ2v) is 6.95. The SMILES string of the molecule is N#C/C(=C/N1CCN(Cc2ccccc2)CC1)C(=O)Nc1ccccc1C(F)(F)F. The molecule has 0 aromatic heterocycles. The van der Waals surface area contributed by atoms with E-state index in [1.165, 1.54) is 23.9 Å². The van der Waals surface area contributed by atoms with Crippen LogP contribution in [0.15, 0.2) is 66.4 Å². The van der Waals surface area contributed by atoms with Crippen molar-refractivity contribution in [2.24, 2.45) is 0 Å². The topological polar surface area (TPSA) is 59.4 Å². The number of alkyl halides is 3. The highest BCUT2D eigenvalue weighted by atomic mass is 19.4. The van der Waals surface area contributed by atoms with Gasteiger partial charge in [0.2, 0.25) is 0 Å². The molecule has 1 saturated heterocycles. The molecule has 0 saturated carbocycles. The minimum absolute atomic E-state index is 0.233. The van der Waals surface area contributed by atoms with Gasteiger partial charge in [0.05, 0.1) is 11.3 Å². The fourth-order valence-electron chi connectivity index (χ4n) is 3.24. The van der Waals surface area contributed by atoms with Crippen LogP contribution in [0.2, 0.25) is 0 Å². The molecule has 3 rings (SSSR count). The number of nitriles is 1. The van der Waals surface area contributed by atoms with Crippen molar-refractivity contribution in [2.45, 2.75) is 12.7 Å². The summed E-state index contributed by atoms with van der Waals surface area (Å²) in [5.74, 6) is -0.860. The molecule has 30 heavy (non-hydrogen) atoms. The summed E-state index contributed by atoms with van der Waals surface area (Å²) in [5.41, 5.74) is -0.348. The Labute approximate surface area is 173 Å². The molecule has 1 aliphatic rings. The number of carbonyl (C=O) groups is 1. The Kier molecular flexibility index (Phi) is 6.75. The number of carbonyl (C=O) groups excluding carboxylic acids is 1. The standard InChI is InChI=1S/C22H21F3N4O/c23-22(24,25)19-8-4-5-9-20(19)27-21(30)18(14-26)16-29-12-10-28(11-13-29)15-17-6-2-1-3-7-17/h1-9,16H,10-13,15H2,(H,27,30)/b18-16-. The molecule has 0 radical (unpaired) electrons. The van der Waals surface area contributed by atoms with Crippen molar-refractivity contribution >= 4 is 11.6 Å². The third kappa shape index (κ3) is 5.61. The van der Waals surface area contributed by atoms with Crippen LogP contribution >= 0.6 is 0 Å². The third-order valence-corrected chi connectivity index (χ3v) is 4.81. The third-order valence-electron chi connectivity index (χ3n) is 4.81. The van der Waals surface area contributed by atoms with Gasteiger partial charge in [-0.2, -0.15) is 18.4 Å². The number of hydrogen-bond donors (Lipinski definition) is 1. The molecule has 0 bridgehead atoms. The van der Waals surface area contributed by atoms with Gasteiger partial charge in [-0.3, -0.25) is 9.69 Å². The highest BCUT2D eigenvalue weighted by Gasteiger charge is 2.33. The van der Waals surface area contributed by atoms with Crippen LogP contribution in [0, 0.1) is 11.3 Å². The van der Waals surface area contributed by atoms with Crippen molar-refractivity contribution in [3.8, 4) is 6.07 Å². The van der Waals surface area contributed by atoms with Crippen LogP contribution in [-0.2, 0) is 17.5 Å². The summed E-state index contributed by atoms with van der Waals surface area (Å²) in [6, 6.07) is 16.5. The van der Waals surface area contributed by atoms with Gasteiger partial charge in [0, 0.05) is 38.9 Å². The normalized spacial score (nSPS) is 15.5. The van der Waals surface area contributed by atoms with Crippen molar-refractivity contribution in [1.82, 2.24) is 9.80 Å². The van der Waals surface area contributed by atoms with Crippen molar-refractivity contribution < 1.29 is 18.0 Å². The number of amides is 1. The van der Waals surface area contributed by atoms with E-state index in [1.54, 1.807) is 6.07 Å². The molecule has 1 fully saturated rings. The van der Waals surface area contributed by atoms with E-state index in [0.717, 1.165) is 31.8 Å². The number of nitrogens with zero attached hydrogens (tertiary/aromatic N) is 3. The van der Waals surface area contributed by atoms with Crippen molar-refractivity contribution in [3.05, 3.63) is 77.5 Å². The molecule has 156 valence electrons. The lowest BCUT2D eigenvalue weighted by molar-refractivity contribution is -0.137. The lowest BCUT2D eigenvalue weighted by Crippen LogP contribution is -2.43. The van der Waals surface area contributed by atoms with E-state index in [2.05, 4.69) is 22.3 Å². The zero-order valence-electron chi connectivity index (χ0n) is 16.2. The average Bonchev–Trinajstić information content (AvgIpc) is 2.73. The van der Waals surface area contributed by atoms with Gasteiger partial charge in [0.1, 0.15) is 11.6 Å². The maximum atomic E-state index is 13.1. The van der Waals surface area contributed by atoms with Crippen LogP contribution in [-0.4, -0.2) is 41.9 Å². The number of nitrogens with one attached hydrogen (secondary N) is 1. The number of piperazine rings is 1. The first-order valence-electron chi connectivity index (χ1n) is 9.46. The lowest BCUT2D eigenvalue weighted by Gasteiger charge is -2.34. The molecular weight excluding hydrogens is 393 g/mol. The smallest absolute Gasteiger partial charge is 0.374 e. The van der Waals surface area contributed by atoms with Crippen LogP contribution in [0.1, 0.15) is 11.1 Å². The Morgan fingerprint density at radius 1 is 1.03 bits per heavy atom. The molecule has 0 aliphatic carbocycles. The van der Waals surface area contributed by atoms with Crippen LogP contribution in [0.4, 0.5) is 18.9 Å². The number of halogens is 3. The molecule has 1 N–H and O–H groups in total. The summed E-state index contributed by atoms with van der Waals surface area (Å²) in [6.45, 7) is 3.55. The van der Waals surface area contributed by atoms with E-state index < -0.39 is 17.6 Å². The van der Waals surface area contributed by atoms with Crippen LogP contribution in [0.5, 0.6) is 0 Å². The van der Waals surface area contributed by atoms with E-state index in [0.29, 0.717) is 13.1 Å². The molecule has 0 unspecified atom stereocenters. The Morgan fingerprint density at radius 3 is 2.30 bits per heavy atom. The molecule has 0 spiro atoms. The van der Waals surface area contributed by atoms with Gasteiger partial charge in [0.15, 0.2) is 0 Å². The average molecular weight is 414 g/mol. The molecule has 0 atom stereocenters. The van der Waals surface area contributed by atoms with E-state index >= 15 is 0 Å². The zero-order chi connectivity index (χ0) is 21.6. The molecule has 1 heterocycles. The number of rotatable bonds is 5. The largest absolute Gasteiger partial charge is 0.418 e. The quantitative estimate of drug-likeness (QED) is 0.596. The van der Waals surface area contributed by atoms with Gasteiger partial charge >= 0.3 is 6.18 Å². The molecule has 2 aromatic carbocycles. The van der Waals surface area contributed by atoms with Crippen molar-refractivity contribution in [3.63, 3.8) is 0 Å². The molecule has 1 amide bonds. The summed E-state index contributed by atoms with van der Waals surface area (Å²) < 4.78 is 39.3. The second kappa shape index (κ2) is 9.46. The fraction of sp³-hybridized carbons (Fsp3) is 0.273. The van der Waals surface area contributed by atoms with Crippen LogP contribution in [0.25, 0.3) is 0 Å². The lowest BCUT2D eigenvalue weighted by atomic mass is 10.1. The summed E-state index contributed by atoms with van der Waals surface area (Å²) in [6.07, 6.45) is -3.18. The van der Waals surface area contributed by atoms with Crippen molar-refractivity contribution in [1.29, 1.82) is 5.26 Å². The monoisotopic (exact) mass is 414 g/mol. The van der Waals surface area contributed by atoms with Gasteiger partial charge in [0.25, 0.3) is 5.91 Å². The molecular formula is C22H21F3N4O. The first kappa shape index (κ1) is 21.4. The molecule has 2 aromatic rings. The van der Waals surface area contributed by atoms with Crippen molar-refractivity contribution in [2.75, 3.05) is 31.5 Å². The summed E-state index contributed by atoms with van der Waals surface area (Å²) >= 11 is 0. The Hall–Kier alpha value is -3.31. The van der Waals surface area contributed by atoms with E-state index in [9.17, 15) is 23.2 Å². The van der Waals surface area contributed by atoms with Gasteiger partial charge in [-0.15, -0.1) is 0 Å². The Bertz CT molecular complexity index is 943. The van der Waals surface area contributed by atoms with Crippen LogP contribution in [0.3, 0.4) is 0 Å². The minimum Gasteiger partial charge on any atom is -0.374 e. The Balaban J connectivity index is 1.61. The minimum atomic E-state index is -4.60. The molecule has 5 nitrogen and oxygen atoms in total. The molecule has 1 aliphatic heterocycles. The van der Waals surface area contributed by atoms with Crippen LogP contribution < -0.4 is 5.32 Å². The van der Waals surface area contributed by atoms with Gasteiger partial charge in [-0.1, -0.05) is 42.5 Å². The van der Waals surface area contributed by atoms with E-state index in [1.807, 2.05) is 23.1 Å². The van der Waals surface area contributed by atoms with Gasteiger partial charge < -0.3 is 10.2 Å². The number of hydrogen-bond acceptors (Lipinski definition) is 4. The second-order valence-electron chi connectivity index (χ2n) is 6.95. The highest BCUT2D eigenvalue weighted by molar-refractivity contribution is 6.06. The molecule has 8 heteroatoms. The van der Waals surface area contributed by atoms with Gasteiger partial charge in [-0.25, -0.2) is 0 Å². The number of anilines is 1. The maximum absolute atomic E-state index is 13.1. The first-order valence-corrected chi connectivity index (χ1v) is 9.46. The number of para-hydroxylation sites is 1. The predicted octanol–water partition coefficient (Wildman–Crippen LogP) is 3.87. The summed E-state index contributed by atoms with van der Waals surface area (Å²) in [5, 5.41) is 11.6. The maximum Gasteiger partial charge on any atom is 0.418 e. The summed E-state index contributed by atoms with van der Waals surface area (Å²) in [7, 11) is 0. The Morgan fingerprint density at radius 2 is 1.67 bits per heavy atom. The van der Waals surface area contributed by atoms with E-state index in [4.69, 9.17) is 0 Å². The highest BCUT2D eigenvalue weighted by Crippen LogP contribution is 2.34. The zero-order valence-corrected chi connectivity index (χ0v) is 16.2. The number of benzene rings is 2. The summed E-state index contributed by atoms with van der Waals surface area (Å²) in [4.78, 5) is 16.5. The van der Waals surface area contributed by atoms with E-state index in [-0.39, 0.29) is 11.3 Å². The first-order chi connectivity index (χ1) is 14.4. The predicted molar refractivity (Wildman–Crippen MR) is 107 cm³/mol. The fourth-order valence-corrected chi connectivity index (χ4v) is 3.24.